The lowest BCUT2D eigenvalue weighted by Crippen LogP contribution is -2.08. The number of benzene rings is 2. The van der Waals surface area contributed by atoms with Crippen molar-refractivity contribution in [3.8, 4) is 0 Å². The van der Waals surface area contributed by atoms with Gasteiger partial charge >= 0.3 is 0 Å². The molecule has 6 heteroatoms. The topological polar surface area (TPSA) is 38.0 Å². The average molecular weight is 425 g/mol. The molecule has 0 aliphatic heterocycles. The summed E-state index contributed by atoms with van der Waals surface area (Å²) in [6.07, 6.45) is 0.697. The summed E-state index contributed by atoms with van der Waals surface area (Å²) in [5.41, 5.74) is 7.94. The zero-order valence-electron chi connectivity index (χ0n) is 10.4. The van der Waals surface area contributed by atoms with E-state index in [1.165, 1.54) is 6.07 Å². The Balaban J connectivity index is 2.01. The minimum absolute atomic E-state index is 0.285. The van der Waals surface area contributed by atoms with Gasteiger partial charge in [-0.2, -0.15) is 0 Å². The molecule has 0 bridgehead atoms. The molecule has 2 aromatic carbocycles. The highest BCUT2D eigenvalue weighted by molar-refractivity contribution is 14.1. The van der Waals surface area contributed by atoms with Gasteiger partial charge in [0.2, 0.25) is 0 Å². The highest BCUT2D eigenvalue weighted by atomic mass is 127. The van der Waals surface area contributed by atoms with Crippen LogP contribution in [0, 0.1) is 9.39 Å². The highest BCUT2D eigenvalue weighted by Crippen LogP contribution is 2.25. The molecule has 0 saturated carbocycles. The Morgan fingerprint density at radius 3 is 2.65 bits per heavy atom. The summed E-state index contributed by atoms with van der Waals surface area (Å²) in [4.78, 5) is 0. The third kappa shape index (κ3) is 3.90. The first kappa shape index (κ1) is 15.7. The van der Waals surface area contributed by atoms with E-state index < -0.39 is 0 Å². The molecule has 2 rings (SSSR count). The van der Waals surface area contributed by atoms with Crippen LogP contribution in [-0.4, -0.2) is 6.54 Å². The zero-order chi connectivity index (χ0) is 14.7. The summed E-state index contributed by atoms with van der Waals surface area (Å²) in [5, 5.41) is 4.34. The van der Waals surface area contributed by atoms with Crippen molar-refractivity contribution in [2.45, 2.75) is 6.42 Å². The van der Waals surface area contributed by atoms with Crippen molar-refractivity contribution in [3.05, 3.63) is 55.3 Å². The van der Waals surface area contributed by atoms with Crippen LogP contribution in [0.25, 0.3) is 0 Å². The highest BCUT2D eigenvalue weighted by Gasteiger charge is 2.06. The molecule has 20 heavy (non-hydrogen) atoms. The second kappa shape index (κ2) is 6.83. The van der Waals surface area contributed by atoms with Crippen LogP contribution in [0.1, 0.15) is 5.56 Å². The minimum Gasteiger partial charge on any atom is -0.397 e. The third-order valence-corrected chi connectivity index (χ3v) is 4.23. The summed E-state index contributed by atoms with van der Waals surface area (Å²) < 4.78 is 14.0. The van der Waals surface area contributed by atoms with Crippen LogP contribution in [0.4, 0.5) is 15.8 Å². The van der Waals surface area contributed by atoms with Crippen LogP contribution in [-0.2, 0) is 6.42 Å². The van der Waals surface area contributed by atoms with E-state index in [-0.39, 0.29) is 5.82 Å². The van der Waals surface area contributed by atoms with E-state index in [1.807, 2.05) is 28.7 Å². The molecule has 106 valence electrons. The summed E-state index contributed by atoms with van der Waals surface area (Å²) in [6.45, 7) is 0.603. The fourth-order valence-electron chi connectivity index (χ4n) is 1.77. The molecule has 0 aliphatic rings. The second-order valence-corrected chi connectivity index (χ2v) is 6.27. The lowest BCUT2D eigenvalue weighted by atomic mass is 10.1. The standard InChI is InChI=1S/C14H12Cl2FIN2/c15-9-2-1-8(10(16)5-9)3-4-20-14-6-11(17)12(18)7-13(14)19/h1-2,5-7,20H,3-4,19H2. The molecule has 0 aliphatic carbocycles. The molecule has 0 saturated heterocycles. The van der Waals surface area contributed by atoms with Gasteiger partial charge in [-0.3, -0.25) is 0 Å². The number of hydrogen-bond donors (Lipinski definition) is 2. The Hall–Kier alpha value is -0.720. The normalized spacial score (nSPS) is 10.6. The van der Waals surface area contributed by atoms with E-state index in [2.05, 4.69) is 5.32 Å². The van der Waals surface area contributed by atoms with Gasteiger partial charge in [-0.05, 0) is 52.8 Å². The summed E-state index contributed by atoms with van der Waals surface area (Å²) in [5.74, 6) is -0.285. The fourth-order valence-corrected chi connectivity index (χ4v) is 2.77. The van der Waals surface area contributed by atoms with Crippen molar-refractivity contribution >= 4 is 57.2 Å². The maximum atomic E-state index is 13.5. The van der Waals surface area contributed by atoms with Gasteiger partial charge in [-0.25, -0.2) is 4.39 Å². The largest absolute Gasteiger partial charge is 0.397 e. The van der Waals surface area contributed by atoms with Crippen molar-refractivity contribution in [2.24, 2.45) is 0 Å². The summed E-state index contributed by atoms with van der Waals surface area (Å²) in [7, 11) is 0. The van der Waals surface area contributed by atoms with Crippen molar-refractivity contribution in [3.63, 3.8) is 0 Å². The Morgan fingerprint density at radius 2 is 1.95 bits per heavy atom. The van der Waals surface area contributed by atoms with Gasteiger partial charge in [0.1, 0.15) is 5.82 Å². The Kier molecular flexibility index (Phi) is 5.35. The predicted molar refractivity (Wildman–Crippen MR) is 92.2 cm³/mol. The molecule has 0 spiro atoms. The maximum absolute atomic E-state index is 13.5. The minimum atomic E-state index is -0.285. The number of halogens is 4. The average Bonchev–Trinajstić information content (AvgIpc) is 2.38. The van der Waals surface area contributed by atoms with Gasteiger partial charge in [0.05, 0.1) is 14.9 Å². The van der Waals surface area contributed by atoms with Crippen LogP contribution in [0.2, 0.25) is 10.0 Å². The van der Waals surface area contributed by atoms with Crippen molar-refractivity contribution < 1.29 is 4.39 Å². The molecule has 0 fully saturated rings. The number of nitrogens with one attached hydrogen (secondary N) is 1. The lowest BCUT2D eigenvalue weighted by Gasteiger charge is -2.11. The number of anilines is 2. The van der Waals surface area contributed by atoms with Crippen LogP contribution in [0.5, 0.6) is 0 Å². The van der Waals surface area contributed by atoms with Crippen molar-refractivity contribution in [1.29, 1.82) is 0 Å². The van der Waals surface area contributed by atoms with E-state index >= 15 is 0 Å². The van der Waals surface area contributed by atoms with Crippen LogP contribution >= 0.6 is 45.8 Å². The van der Waals surface area contributed by atoms with Gasteiger partial charge in [0.25, 0.3) is 0 Å². The van der Waals surface area contributed by atoms with E-state index in [0.29, 0.717) is 38.0 Å². The smallest absolute Gasteiger partial charge is 0.138 e. The molecule has 0 aromatic heterocycles. The van der Waals surface area contributed by atoms with E-state index in [9.17, 15) is 4.39 Å². The van der Waals surface area contributed by atoms with Gasteiger partial charge < -0.3 is 11.1 Å². The van der Waals surface area contributed by atoms with E-state index in [4.69, 9.17) is 28.9 Å². The summed E-state index contributed by atoms with van der Waals surface area (Å²) >= 11 is 13.8. The Morgan fingerprint density at radius 1 is 1.20 bits per heavy atom. The zero-order valence-corrected chi connectivity index (χ0v) is 14.1. The van der Waals surface area contributed by atoms with Crippen LogP contribution < -0.4 is 11.1 Å². The molecule has 2 nitrogen and oxygen atoms in total. The van der Waals surface area contributed by atoms with Gasteiger partial charge in [0.15, 0.2) is 0 Å². The van der Waals surface area contributed by atoms with Crippen LogP contribution in [0.3, 0.4) is 0 Å². The Bertz CT molecular complexity index is 635. The van der Waals surface area contributed by atoms with Crippen molar-refractivity contribution in [1.82, 2.24) is 0 Å². The second-order valence-electron chi connectivity index (χ2n) is 4.27. The van der Waals surface area contributed by atoms with Crippen LogP contribution in [0.15, 0.2) is 30.3 Å². The number of nitrogens with two attached hydrogens (primary N) is 1. The van der Waals surface area contributed by atoms with Gasteiger partial charge in [-0.15, -0.1) is 0 Å². The molecule has 2 aromatic rings. The van der Waals surface area contributed by atoms with E-state index in [0.717, 1.165) is 5.56 Å². The number of rotatable bonds is 4. The molecular weight excluding hydrogens is 413 g/mol. The molecule has 0 radical (unpaired) electrons. The first-order valence-corrected chi connectivity index (χ1v) is 7.73. The third-order valence-electron chi connectivity index (χ3n) is 2.82. The quantitative estimate of drug-likeness (QED) is 0.536. The molecule has 0 unspecified atom stereocenters. The Labute approximate surface area is 140 Å². The number of nitrogen functional groups attached to an aromatic ring is 1. The molecule has 0 atom stereocenters. The lowest BCUT2D eigenvalue weighted by molar-refractivity contribution is 0.621. The molecule has 0 amide bonds. The first-order valence-electron chi connectivity index (χ1n) is 5.89. The SMILES string of the molecule is Nc1cc(I)c(F)cc1NCCc1ccc(Cl)cc1Cl. The maximum Gasteiger partial charge on any atom is 0.138 e. The monoisotopic (exact) mass is 424 g/mol. The van der Waals surface area contributed by atoms with Gasteiger partial charge in [-0.1, -0.05) is 29.3 Å². The fraction of sp³-hybridized carbons (Fsp3) is 0.143. The first-order chi connectivity index (χ1) is 9.47. The van der Waals surface area contributed by atoms with Crippen molar-refractivity contribution in [2.75, 3.05) is 17.6 Å². The van der Waals surface area contributed by atoms with Gasteiger partial charge in [0, 0.05) is 22.7 Å². The molecule has 0 heterocycles. The predicted octanol–water partition coefficient (Wildman–Crippen LogP) is 4.97. The molecular formula is C14H12Cl2FIN2. The summed E-state index contributed by atoms with van der Waals surface area (Å²) in [6, 6.07) is 8.39. The van der Waals surface area contributed by atoms with E-state index in [1.54, 1.807) is 18.2 Å². The molecule has 3 N–H and O–H groups in total. The number of hydrogen-bond acceptors (Lipinski definition) is 2.